The molecule has 4 N–H and O–H groups in total. The number of benzene rings is 1. The standard InChI is InChI=1S/C21H20FN7O2/c1-10-6-15(29-31-10)11(2)27-21(30)14-8-25-20-19(14)28-17(9-26-20)18(23)13-5-4-12(22)7-16(13)24-3/h4-9,11,23-24H,1-3H3,(H,25,26)(H,27,30). The van der Waals surface area contributed by atoms with Crippen molar-refractivity contribution >= 4 is 28.5 Å². The third-order valence-corrected chi connectivity index (χ3v) is 4.84. The fraction of sp³-hybridized carbons (Fsp3) is 0.190. The number of amides is 1. The number of aromatic amines is 1. The lowest BCUT2D eigenvalue weighted by atomic mass is 10.1. The number of fused-ring (bicyclic) bond motifs is 1. The van der Waals surface area contributed by atoms with E-state index in [9.17, 15) is 9.18 Å². The molecule has 0 saturated heterocycles. The van der Waals surface area contributed by atoms with Gasteiger partial charge in [0, 0.05) is 30.6 Å². The topological polar surface area (TPSA) is 133 Å². The quantitative estimate of drug-likeness (QED) is 0.353. The predicted octanol–water partition coefficient (Wildman–Crippen LogP) is 3.34. The summed E-state index contributed by atoms with van der Waals surface area (Å²) in [5.41, 5.74) is 2.87. The zero-order chi connectivity index (χ0) is 22.1. The van der Waals surface area contributed by atoms with Gasteiger partial charge in [0.1, 0.15) is 28.5 Å². The molecule has 1 aromatic carbocycles. The number of H-pyrrole nitrogens is 1. The third-order valence-electron chi connectivity index (χ3n) is 4.84. The van der Waals surface area contributed by atoms with E-state index in [1.807, 2.05) is 0 Å². The van der Waals surface area contributed by atoms with E-state index in [1.54, 1.807) is 27.0 Å². The summed E-state index contributed by atoms with van der Waals surface area (Å²) in [4.78, 5) is 24.5. The fourth-order valence-electron chi connectivity index (χ4n) is 3.20. The Bertz CT molecular complexity index is 1290. The highest BCUT2D eigenvalue weighted by Gasteiger charge is 2.20. The number of carbonyl (C=O) groups excluding carboxylic acids is 1. The van der Waals surface area contributed by atoms with Gasteiger partial charge >= 0.3 is 0 Å². The minimum absolute atomic E-state index is 0.0535. The van der Waals surface area contributed by atoms with Crippen molar-refractivity contribution in [2.24, 2.45) is 0 Å². The van der Waals surface area contributed by atoms with Crippen molar-refractivity contribution < 1.29 is 13.7 Å². The van der Waals surface area contributed by atoms with Crippen molar-refractivity contribution in [2.75, 3.05) is 12.4 Å². The van der Waals surface area contributed by atoms with E-state index in [0.29, 0.717) is 33.9 Å². The van der Waals surface area contributed by atoms with Crippen LogP contribution in [0.2, 0.25) is 0 Å². The minimum Gasteiger partial charge on any atom is -0.387 e. The van der Waals surface area contributed by atoms with E-state index in [1.165, 1.54) is 30.6 Å². The van der Waals surface area contributed by atoms with Crippen LogP contribution in [0, 0.1) is 18.2 Å². The van der Waals surface area contributed by atoms with Crippen LogP contribution < -0.4 is 10.6 Å². The summed E-state index contributed by atoms with van der Waals surface area (Å²) in [5, 5.41) is 18.2. The normalized spacial score (nSPS) is 12.0. The summed E-state index contributed by atoms with van der Waals surface area (Å²) >= 11 is 0. The van der Waals surface area contributed by atoms with Gasteiger partial charge in [0.2, 0.25) is 0 Å². The maximum Gasteiger partial charge on any atom is 0.255 e. The van der Waals surface area contributed by atoms with Crippen LogP contribution in [0.15, 0.2) is 41.2 Å². The molecule has 1 atom stereocenters. The second-order valence-electron chi connectivity index (χ2n) is 7.03. The molecule has 1 unspecified atom stereocenters. The average Bonchev–Trinajstić information content (AvgIpc) is 3.38. The molecule has 31 heavy (non-hydrogen) atoms. The Morgan fingerprint density at radius 1 is 1.29 bits per heavy atom. The molecule has 1 amide bonds. The Morgan fingerprint density at radius 2 is 2.10 bits per heavy atom. The Morgan fingerprint density at radius 3 is 2.81 bits per heavy atom. The summed E-state index contributed by atoms with van der Waals surface area (Å²) in [5.74, 6) is -0.127. The number of rotatable bonds is 6. The van der Waals surface area contributed by atoms with Gasteiger partial charge in [-0.3, -0.25) is 10.2 Å². The largest absolute Gasteiger partial charge is 0.387 e. The van der Waals surface area contributed by atoms with Crippen LogP contribution in [-0.2, 0) is 0 Å². The van der Waals surface area contributed by atoms with Crippen LogP contribution in [0.1, 0.15) is 46.0 Å². The highest BCUT2D eigenvalue weighted by Crippen LogP contribution is 2.22. The van der Waals surface area contributed by atoms with Gasteiger partial charge in [0.15, 0.2) is 5.65 Å². The first kappa shape index (κ1) is 20.2. The number of aromatic nitrogens is 4. The van der Waals surface area contributed by atoms with E-state index in [2.05, 4.69) is 30.7 Å². The number of hydrogen-bond donors (Lipinski definition) is 4. The Kier molecular flexibility index (Phi) is 5.20. The third kappa shape index (κ3) is 3.87. The van der Waals surface area contributed by atoms with Gasteiger partial charge in [-0.25, -0.2) is 14.4 Å². The second kappa shape index (κ2) is 7.98. The summed E-state index contributed by atoms with van der Waals surface area (Å²) in [7, 11) is 1.65. The summed E-state index contributed by atoms with van der Waals surface area (Å²) < 4.78 is 18.6. The van der Waals surface area contributed by atoms with E-state index in [-0.39, 0.29) is 28.9 Å². The fourth-order valence-corrected chi connectivity index (χ4v) is 3.20. The Labute approximate surface area is 176 Å². The highest BCUT2D eigenvalue weighted by atomic mass is 19.1. The molecule has 0 spiro atoms. The molecule has 3 heterocycles. The van der Waals surface area contributed by atoms with Crippen LogP contribution in [0.25, 0.3) is 11.2 Å². The number of carbonyl (C=O) groups is 1. The van der Waals surface area contributed by atoms with E-state index in [4.69, 9.17) is 9.93 Å². The minimum atomic E-state index is -0.413. The number of nitrogens with one attached hydrogen (secondary N) is 4. The first-order valence-corrected chi connectivity index (χ1v) is 9.52. The first-order chi connectivity index (χ1) is 14.9. The number of halogens is 1. The van der Waals surface area contributed by atoms with Crippen molar-refractivity contribution in [3.8, 4) is 0 Å². The molecule has 158 valence electrons. The smallest absolute Gasteiger partial charge is 0.255 e. The molecule has 3 aromatic heterocycles. The van der Waals surface area contributed by atoms with E-state index < -0.39 is 5.82 Å². The molecule has 0 bridgehead atoms. The number of anilines is 1. The average molecular weight is 421 g/mol. The summed E-state index contributed by atoms with van der Waals surface area (Å²) in [6.45, 7) is 3.57. The molecule has 4 aromatic rings. The van der Waals surface area contributed by atoms with Crippen LogP contribution in [0.4, 0.5) is 10.1 Å². The maximum atomic E-state index is 13.5. The number of nitrogens with zero attached hydrogens (tertiary/aromatic N) is 3. The molecule has 9 nitrogen and oxygen atoms in total. The Hall–Kier alpha value is -4.08. The predicted molar refractivity (Wildman–Crippen MR) is 113 cm³/mol. The van der Waals surface area contributed by atoms with Crippen LogP contribution in [-0.4, -0.2) is 38.8 Å². The molecule has 0 aliphatic carbocycles. The molecule has 0 fully saturated rings. The Balaban J connectivity index is 1.65. The van der Waals surface area contributed by atoms with Gasteiger partial charge < -0.3 is 20.1 Å². The molecule has 0 aliphatic rings. The number of aryl methyl sites for hydroxylation is 1. The van der Waals surface area contributed by atoms with Gasteiger partial charge in [-0.15, -0.1) is 0 Å². The van der Waals surface area contributed by atoms with Crippen LogP contribution >= 0.6 is 0 Å². The second-order valence-corrected chi connectivity index (χ2v) is 7.03. The zero-order valence-electron chi connectivity index (χ0n) is 17.1. The summed E-state index contributed by atoms with van der Waals surface area (Å²) in [6.07, 6.45) is 2.96. The number of hydrogen-bond acceptors (Lipinski definition) is 7. The molecular formula is C21H20FN7O2. The molecular weight excluding hydrogens is 401 g/mol. The lowest BCUT2D eigenvalue weighted by molar-refractivity contribution is 0.0940. The van der Waals surface area contributed by atoms with Gasteiger partial charge in [0.05, 0.1) is 23.5 Å². The van der Waals surface area contributed by atoms with Crippen molar-refractivity contribution in [2.45, 2.75) is 19.9 Å². The van der Waals surface area contributed by atoms with Gasteiger partial charge in [-0.1, -0.05) is 5.16 Å². The van der Waals surface area contributed by atoms with Crippen molar-refractivity contribution in [1.29, 1.82) is 5.41 Å². The van der Waals surface area contributed by atoms with Gasteiger partial charge in [-0.2, -0.15) is 0 Å². The van der Waals surface area contributed by atoms with E-state index >= 15 is 0 Å². The zero-order valence-corrected chi connectivity index (χ0v) is 17.1. The SMILES string of the molecule is CNc1cc(F)ccc1C(=N)c1cnc2[nH]cc(C(=O)NC(C)c3cc(C)on3)c2n1. The van der Waals surface area contributed by atoms with Gasteiger partial charge in [-0.05, 0) is 32.0 Å². The summed E-state index contributed by atoms with van der Waals surface area (Å²) in [6, 6.07) is 5.46. The molecule has 10 heteroatoms. The molecule has 0 saturated carbocycles. The molecule has 0 radical (unpaired) electrons. The van der Waals surface area contributed by atoms with Crippen LogP contribution in [0.3, 0.4) is 0 Å². The van der Waals surface area contributed by atoms with E-state index in [0.717, 1.165) is 0 Å². The van der Waals surface area contributed by atoms with Crippen molar-refractivity contribution in [3.05, 3.63) is 70.8 Å². The van der Waals surface area contributed by atoms with Crippen molar-refractivity contribution in [1.82, 2.24) is 25.4 Å². The van der Waals surface area contributed by atoms with Gasteiger partial charge in [0.25, 0.3) is 5.91 Å². The van der Waals surface area contributed by atoms with Crippen LogP contribution in [0.5, 0.6) is 0 Å². The maximum absolute atomic E-state index is 13.5. The van der Waals surface area contributed by atoms with Crippen molar-refractivity contribution in [3.63, 3.8) is 0 Å². The highest BCUT2D eigenvalue weighted by molar-refractivity contribution is 6.14. The first-order valence-electron chi connectivity index (χ1n) is 9.52. The molecule has 4 rings (SSSR count). The lowest BCUT2D eigenvalue weighted by Gasteiger charge is -2.11. The molecule has 0 aliphatic heterocycles. The monoisotopic (exact) mass is 421 g/mol. The lowest BCUT2D eigenvalue weighted by Crippen LogP contribution is -2.26.